The predicted molar refractivity (Wildman–Crippen MR) is 107 cm³/mol. The molecule has 2 saturated heterocycles. The second kappa shape index (κ2) is 10.8. The number of amides is 1. The molecule has 1 amide bonds. The van der Waals surface area contributed by atoms with E-state index in [4.69, 9.17) is 9.47 Å². The number of hydrogen-bond donors (Lipinski definition) is 0. The highest BCUT2D eigenvalue weighted by atomic mass is 16.5. The summed E-state index contributed by atoms with van der Waals surface area (Å²) in [5, 5.41) is 0. The first-order chi connectivity index (χ1) is 13.3. The largest absolute Gasteiger partial charge is 0.382 e. The average molecular weight is 375 g/mol. The molecule has 0 aliphatic carbocycles. The van der Waals surface area contributed by atoms with Crippen molar-refractivity contribution in [2.45, 2.75) is 51.2 Å². The summed E-state index contributed by atoms with van der Waals surface area (Å²) in [4.78, 5) is 17.3. The minimum absolute atomic E-state index is 0.145. The van der Waals surface area contributed by atoms with Gasteiger partial charge in [0.2, 0.25) is 0 Å². The van der Waals surface area contributed by atoms with Gasteiger partial charge in [-0.1, -0.05) is 25.0 Å². The lowest BCUT2D eigenvalue weighted by Gasteiger charge is -2.32. The Balaban J connectivity index is 1.46. The van der Waals surface area contributed by atoms with Crippen molar-refractivity contribution in [1.29, 1.82) is 0 Å². The van der Waals surface area contributed by atoms with Crippen LogP contribution in [0.15, 0.2) is 24.3 Å². The maximum Gasteiger partial charge on any atom is 0.253 e. The lowest BCUT2D eigenvalue weighted by molar-refractivity contribution is -0.0122. The van der Waals surface area contributed by atoms with Gasteiger partial charge >= 0.3 is 0 Å². The molecular formula is C22H34N2O3. The van der Waals surface area contributed by atoms with Gasteiger partial charge in [-0.15, -0.1) is 0 Å². The van der Waals surface area contributed by atoms with Gasteiger partial charge in [0.15, 0.2) is 0 Å². The quantitative estimate of drug-likeness (QED) is 0.687. The highest BCUT2D eigenvalue weighted by Crippen LogP contribution is 2.18. The first kappa shape index (κ1) is 20.3. The van der Waals surface area contributed by atoms with E-state index in [0.29, 0.717) is 13.2 Å². The lowest BCUT2D eigenvalue weighted by atomic mass is 10.1. The topological polar surface area (TPSA) is 42.0 Å². The van der Waals surface area contributed by atoms with Crippen LogP contribution in [-0.4, -0.2) is 68.3 Å². The zero-order chi connectivity index (χ0) is 18.9. The average Bonchev–Trinajstić information content (AvgIpc) is 2.97. The molecule has 27 heavy (non-hydrogen) atoms. The molecule has 1 aromatic carbocycles. The van der Waals surface area contributed by atoms with Crippen molar-refractivity contribution < 1.29 is 14.3 Å². The standard InChI is InChI=1S/C22H34N2O3/c1-26-16-17-27-21-10-14-24(15-11-21)22(25)20-8-6-19(7-9-20)18-23-12-4-2-3-5-13-23/h6-9,21H,2-5,10-18H2,1H3. The first-order valence-electron chi connectivity index (χ1n) is 10.5. The molecule has 2 aliphatic rings. The number of methoxy groups -OCH3 is 1. The third kappa shape index (κ3) is 6.30. The van der Waals surface area contributed by atoms with Crippen molar-refractivity contribution >= 4 is 5.91 Å². The number of rotatable bonds is 7. The summed E-state index contributed by atoms with van der Waals surface area (Å²) >= 11 is 0. The van der Waals surface area contributed by atoms with Crippen molar-refractivity contribution in [2.24, 2.45) is 0 Å². The van der Waals surface area contributed by atoms with Crippen molar-refractivity contribution in [1.82, 2.24) is 9.80 Å². The fourth-order valence-electron chi connectivity index (χ4n) is 4.01. The molecule has 2 aliphatic heterocycles. The minimum Gasteiger partial charge on any atom is -0.382 e. The van der Waals surface area contributed by atoms with E-state index in [1.165, 1.54) is 44.3 Å². The molecule has 0 unspecified atom stereocenters. The van der Waals surface area contributed by atoms with E-state index in [1.807, 2.05) is 17.0 Å². The van der Waals surface area contributed by atoms with E-state index in [-0.39, 0.29) is 12.0 Å². The number of benzene rings is 1. The maximum atomic E-state index is 12.8. The van der Waals surface area contributed by atoms with Crippen LogP contribution in [0.25, 0.3) is 0 Å². The molecule has 5 heteroatoms. The lowest BCUT2D eigenvalue weighted by Crippen LogP contribution is -2.41. The first-order valence-corrected chi connectivity index (χ1v) is 10.5. The van der Waals surface area contributed by atoms with Gasteiger partial charge in [0.05, 0.1) is 19.3 Å². The van der Waals surface area contributed by atoms with E-state index >= 15 is 0 Å². The van der Waals surface area contributed by atoms with Crippen LogP contribution in [0.2, 0.25) is 0 Å². The Morgan fingerprint density at radius 2 is 1.63 bits per heavy atom. The minimum atomic E-state index is 0.145. The van der Waals surface area contributed by atoms with Crippen molar-refractivity contribution in [2.75, 3.05) is 46.5 Å². The Hall–Kier alpha value is -1.43. The molecule has 2 heterocycles. The molecule has 5 nitrogen and oxygen atoms in total. The van der Waals surface area contributed by atoms with Crippen LogP contribution in [0.4, 0.5) is 0 Å². The van der Waals surface area contributed by atoms with E-state index in [2.05, 4.69) is 17.0 Å². The van der Waals surface area contributed by atoms with Crippen LogP contribution in [-0.2, 0) is 16.0 Å². The Kier molecular flexibility index (Phi) is 8.11. The number of likely N-dealkylation sites (tertiary alicyclic amines) is 2. The van der Waals surface area contributed by atoms with E-state index in [0.717, 1.165) is 38.0 Å². The Labute approximate surface area is 163 Å². The van der Waals surface area contributed by atoms with E-state index in [9.17, 15) is 4.79 Å². The molecule has 0 bridgehead atoms. The van der Waals surface area contributed by atoms with Crippen LogP contribution in [0.3, 0.4) is 0 Å². The van der Waals surface area contributed by atoms with Gasteiger partial charge in [-0.05, 0) is 56.5 Å². The van der Waals surface area contributed by atoms with Gasteiger partial charge in [-0.25, -0.2) is 0 Å². The number of carbonyl (C=O) groups is 1. The fraction of sp³-hybridized carbons (Fsp3) is 0.682. The smallest absolute Gasteiger partial charge is 0.253 e. The van der Waals surface area contributed by atoms with Crippen molar-refractivity contribution in [3.8, 4) is 0 Å². The molecule has 0 aromatic heterocycles. The number of ether oxygens (including phenoxy) is 2. The number of hydrogen-bond acceptors (Lipinski definition) is 4. The number of piperidine rings is 1. The summed E-state index contributed by atoms with van der Waals surface area (Å²) < 4.78 is 10.8. The number of carbonyl (C=O) groups excluding carboxylic acids is 1. The van der Waals surface area contributed by atoms with Crippen LogP contribution in [0.1, 0.15) is 54.4 Å². The van der Waals surface area contributed by atoms with E-state index in [1.54, 1.807) is 7.11 Å². The molecule has 0 spiro atoms. The zero-order valence-corrected chi connectivity index (χ0v) is 16.7. The summed E-state index contributed by atoms with van der Waals surface area (Å²) in [5.74, 6) is 0.145. The van der Waals surface area contributed by atoms with Crippen molar-refractivity contribution in [3.63, 3.8) is 0 Å². The van der Waals surface area contributed by atoms with Gasteiger partial charge in [-0.2, -0.15) is 0 Å². The molecule has 3 rings (SSSR count). The highest BCUT2D eigenvalue weighted by molar-refractivity contribution is 5.94. The predicted octanol–water partition coefficient (Wildman–Crippen LogP) is 3.33. The molecular weight excluding hydrogens is 340 g/mol. The van der Waals surface area contributed by atoms with Gasteiger partial charge in [0.1, 0.15) is 0 Å². The second-order valence-corrected chi connectivity index (χ2v) is 7.74. The summed E-state index contributed by atoms with van der Waals surface area (Å²) in [7, 11) is 1.68. The van der Waals surface area contributed by atoms with Crippen LogP contribution >= 0.6 is 0 Å². The third-order valence-corrected chi connectivity index (χ3v) is 5.68. The molecule has 0 atom stereocenters. The molecule has 1 aromatic rings. The van der Waals surface area contributed by atoms with E-state index < -0.39 is 0 Å². The molecule has 0 saturated carbocycles. The Morgan fingerprint density at radius 1 is 0.963 bits per heavy atom. The fourth-order valence-corrected chi connectivity index (χ4v) is 4.01. The maximum absolute atomic E-state index is 12.8. The normalized spacial score (nSPS) is 19.8. The summed E-state index contributed by atoms with van der Waals surface area (Å²) in [6.45, 7) is 6.19. The van der Waals surface area contributed by atoms with Gasteiger partial charge in [0.25, 0.3) is 5.91 Å². The number of nitrogens with zero attached hydrogens (tertiary/aromatic N) is 2. The van der Waals surface area contributed by atoms with Crippen LogP contribution in [0, 0.1) is 0 Å². The van der Waals surface area contributed by atoms with Gasteiger partial charge in [0, 0.05) is 32.3 Å². The van der Waals surface area contributed by atoms with Crippen molar-refractivity contribution in [3.05, 3.63) is 35.4 Å². The summed E-state index contributed by atoms with van der Waals surface area (Å²) in [5.41, 5.74) is 2.10. The van der Waals surface area contributed by atoms with Gasteiger partial charge < -0.3 is 14.4 Å². The van der Waals surface area contributed by atoms with Gasteiger partial charge in [-0.3, -0.25) is 9.69 Å². The molecule has 0 radical (unpaired) electrons. The Bertz CT molecular complexity index is 559. The highest BCUT2D eigenvalue weighted by Gasteiger charge is 2.24. The second-order valence-electron chi connectivity index (χ2n) is 7.74. The molecule has 0 N–H and O–H groups in total. The monoisotopic (exact) mass is 374 g/mol. The molecule has 2 fully saturated rings. The Morgan fingerprint density at radius 3 is 2.26 bits per heavy atom. The zero-order valence-electron chi connectivity index (χ0n) is 16.7. The summed E-state index contributed by atoms with van der Waals surface area (Å²) in [6.07, 6.45) is 7.39. The SMILES string of the molecule is COCCOC1CCN(C(=O)c2ccc(CN3CCCCCC3)cc2)CC1. The van der Waals surface area contributed by atoms with Crippen LogP contribution in [0.5, 0.6) is 0 Å². The third-order valence-electron chi connectivity index (χ3n) is 5.68. The van der Waals surface area contributed by atoms with Crippen LogP contribution < -0.4 is 0 Å². The molecule has 150 valence electrons. The summed E-state index contributed by atoms with van der Waals surface area (Å²) in [6, 6.07) is 8.24.